The highest BCUT2D eigenvalue weighted by Crippen LogP contribution is 2.30. The second-order valence-electron chi connectivity index (χ2n) is 6.14. The molecule has 0 unspecified atom stereocenters. The van der Waals surface area contributed by atoms with Crippen LogP contribution in [0.25, 0.3) is 11.1 Å². The molecular weight excluding hydrogens is 411 g/mol. The largest absolute Gasteiger partial charge is 0.477 e. The Balaban J connectivity index is 2.19. The first-order chi connectivity index (χ1) is 13.2. The lowest BCUT2D eigenvalue weighted by Gasteiger charge is -2.15. The zero-order valence-corrected chi connectivity index (χ0v) is 16.0. The van der Waals surface area contributed by atoms with E-state index in [-0.39, 0.29) is 22.7 Å². The fourth-order valence-electron chi connectivity index (χ4n) is 2.88. The average molecular weight is 424 g/mol. The Morgan fingerprint density at radius 3 is 2.39 bits per heavy atom. The molecule has 28 heavy (non-hydrogen) atoms. The summed E-state index contributed by atoms with van der Waals surface area (Å²) in [4.78, 5) is 24.7. The Kier molecular flexibility index (Phi) is 5.54. The molecule has 0 amide bonds. The van der Waals surface area contributed by atoms with Crippen LogP contribution in [-0.4, -0.2) is 15.6 Å². The van der Waals surface area contributed by atoms with Crippen molar-refractivity contribution in [3.05, 3.63) is 91.3 Å². The number of carboxylic acid groups (broad SMARTS) is 1. The van der Waals surface area contributed by atoms with E-state index in [2.05, 4.69) is 0 Å². The van der Waals surface area contributed by atoms with Gasteiger partial charge in [0.05, 0.1) is 16.6 Å². The van der Waals surface area contributed by atoms with Gasteiger partial charge in [-0.25, -0.2) is 13.6 Å². The number of carbonyl (C=O) groups is 1. The molecule has 0 saturated carbocycles. The average Bonchev–Trinajstić information content (AvgIpc) is 2.61. The predicted octanol–water partition coefficient (Wildman–Crippen LogP) is 5.16. The zero-order chi connectivity index (χ0) is 20.6. The van der Waals surface area contributed by atoms with Crippen molar-refractivity contribution in [3.8, 4) is 11.1 Å². The summed E-state index contributed by atoms with van der Waals surface area (Å²) in [5.74, 6) is -3.00. The summed E-state index contributed by atoms with van der Waals surface area (Å²) in [5, 5.41) is 10.1. The molecule has 2 aromatic carbocycles. The number of aromatic nitrogens is 1. The minimum Gasteiger partial charge on any atom is -0.477 e. The van der Waals surface area contributed by atoms with Crippen molar-refractivity contribution < 1.29 is 18.7 Å². The monoisotopic (exact) mass is 423 g/mol. The van der Waals surface area contributed by atoms with E-state index in [4.69, 9.17) is 23.2 Å². The molecule has 4 nitrogen and oxygen atoms in total. The maximum atomic E-state index is 14.0. The van der Waals surface area contributed by atoms with E-state index < -0.39 is 28.7 Å². The normalized spacial score (nSPS) is 10.9. The molecule has 8 heteroatoms. The number of carboxylic acids is 1. The van der Waals surface area contributed by atoms with Crippen LogP contribution in [0.5, 0.6) is 0 Å². The van der Waals surface area contributed by atoms with Gasteiger partial charge in [0.2, 0.25) is 0 Å². The number of halogens is 4. The van der Waals surface area contributed by atoms with Crippen LogP contribution >= 0.6 is 23.2 Å². The number of aryl methyl sites for hydroxylation is 1. The van der Waals surface area contributed by atoms with Crippen LogP contribution in [0.2, 0.25) is 10.0 Å². The Bertz CT molecular complexity index is 1160. The van der Waals surface area contributed by atoms with Gasteiger partial charge in [0.15, 0.2) is 0 Å². The standard InChI is InChI=1S/C20H13Cl2F2NO3/c1-10-6-14(11-3-5-15(21)16(22)7-11)18(20(27)28)19(26)25(10)9-12-2-4-13(23)8-17(12)24/h2-8H,9H2,1H3,(H,27,28). The maximum Gasteiger partial charge on any atom is 0.341 e. The van der Waals surface area contributed by atoms with Crippen molar-refractivity contribution in [1.82, 2.24) is 4.57 Å². The Morgan fingerprint density at radius 2 is 1.79 bits per heavy atom. The third-order valence-electron chi connectivity index (χ3n) is 4.30. The number of nitrogens with zero attached hydrogens (tertiary/aromatic N) is 1. The van der Waals surface area contributed by atoms with Crippen LogP contribution in [0, 0.1) is 18.6 Å². The van der Waals surface area contributed by atoms with E-state index in [9.17, 15) is 23.5 Å². The smallest absolute Gasteiger partial charge is 0.341 e. The third kappa shape index (κ3) is 3.79. The molecule has 144 valence electrons. The van der Waals surface area contributed by atoms with Crippen LogP contribution < -0.4 is 5.56 Å². The molecule has 0 saturated heterocycles. The lowest BCUT2D eigenvalue weighted by atomic mass is 10.00. The molecule has 0 fully saturated rings. The number of benzene rings is 2. The van der Waals surface area contributed by atoms with Gasteiger partial charge >= 0.3 is 5.97 Å². The SMILES string of the molecule is Cc1cc(-c2ccc(Cl)c(Cl)c2)c(C(=O)O)c(=O)n1Cc1ccc(F)cc1F. The van der Waals surface area contributed by atoms with Gasteiger partial charge in [-0.3, -0.25) is 4.79 Å². The summed E-state index contributed by atoms with van der Waals surface area (Å²) in [6.07, 6.45) is 0. The lowest BCUT2D eigenvalue weighted by molar-refractivity contribution is 0.0695. The predicted molar refractivity (Wildman–Crippen MR) is 103 cm³/mol. The van der Waals surface area contributed by atoms with Crippen molar-refractivity contribution in [3.63, 3.8) is 0 Å². The molecule has 3 rings (SSSR count). The molecule has 0 bridgehead atoms. The Morgan fingerprint density at radius 1 is 1.07 bits per heavy atom. The first-order valence-corrected chi connectivity index (χ1v) is 8.81. The summed E-state index contributed by atoms with van der Waals surface area (Å²) in [7, 11) is 0. The summed E-state index contributed by atoms with van der Waals surface area (Å²) < 4.78 is 28.2. The molecule has 0 radical (unpaired) electrons. The molecule has 3 aromatic rings. The molecule has 1 aromatic heterocycles. The number of hydrogen-bond donors (Lipinski definition) is 1. The molecule has 0 aliphatic heterocycles. The van der Waals surface area contributed by atoms with E-state index in [1.807, 2.05) is 0 Å². The van der Waals surface area contributed by atoms with Gasteiger partial charge in [0.25, 0.3) is 5.56 Å². The maximum absolute atomic E-state index is 14.0. The van der Waals surface area contributed by atoms with Crippen molar-refractivity contribution in [2.75, 3.05) is 0 Å². The fraction of sp³-hybridized carbons (Fsp3) is 0.100. The number of aromatic carboxylic acids is 1. The van der Waals surface area contributed by atoms with Crippen molar-refractivity contribution in [2.45, 2.75) is 13.5 Å². The van der Waals surface area contributed by atoms with Crippen LogP contribution in [0.15, 0.2) is 47.3 Å². The number of rotatable bonds is 4. The molecule has 0 aliphatic carbocycles. The minimum atomic E-state index is -1.43. The fourth-order valence-corrected chi connectivity index (χ4v) is 3.18. The summed E-state index contributed by atoms with van der Waals surface area (Å²) in [6, 6.07) is 9.02. The zero-order valence-electron chi connectivity index (χ0n) is 14.5. The molecule has 1 heterocycles. The Hall–Kier alpha value is -2.70. The van der Waals surface area contributed by atoms with Gasteiger partial charge in [0, 0.05) is 22.9 Å². The quantitative estimate of drug-likeness (QED) is 0.630. The molecule has 0 spiro atoms. The van der Waals surface area contributed by atoms with Crippen molar-refractivity contribution in [2.24, 2.45) is 0 Å². The van der Waals surface area contributed by atoms with Gasteiger partial charge < -0.3 is 9.67 Å². The van der Waals surface area contributed by atoms with Gasteiger partial charge in [-0.05, 0) is 36.8 Å². The molecule has 0 atom stereocenters. The highest BCUT2D eigenvalue weighted by atomic mass is 35.5. The van der Waals surface area contributed by atoms with Crippen LogP contribution in [-0.2, 0) is 6.54 Å². The summed E-state index contributed by atoms with van der Waals surface area (Å²) in [5.41, 5.74) is -0.245. The first kappa shape index (κ1) is 20.0. The van der Waals surface area contributed by atoms with E-state index in [1.165, 1.54) is 24.3 Å². The van der Waals surface area contributed by atoms with Gasteiger partial charge in [-0.1, -0.05) is 35.3 Å². The summed E-state index contributed by atoms with van der Waals surface area (Å²) in [6.45, 7) is 1.36. The van der Waals surface area contributed by atoms with E-state index in [1.54, 1.807) is 13.0 Å². The second kappa shape index (κ2) is 7.73. The van der Waals surface area contributed by atoms with Crippen LogP contribution in [0.1, 0.15) is 21.6 Å². The van der Waals surface area contributed by atoms with Gasteiger partial charge in [-0.15, -0.1) is 0 Å². The van der Waals surface area contributed by atoms with E-state index >= 15 is 0 Å². The lowest BCUT2D eigenvalue weighted by Crippen LogP contribution is -2.29. The van der Waals surface area contributed by atoms with Crippen LogP contribution in [0.3, 0.4) is 0 Å². The number of pyridine rings is 1. The van der Waals surface area contributed by atoms with Crippen molar-refractivity contribution >= 4 is 29.2 Å². The topological polar surface area (TPSA) is 59.3 Å². The first-order valence-electron chi connectivity index (χ1n) is 8.06. The van der Waals surface area contributed by atoms with E-state index in [0.717, 1.165) is 10.6 Å². The number of hydrogen-bond acceptors (Lipinski definition) is 2. The Labute approximate surface area is 168 Å². The molecule has 0 aliphatic rings. The van der Waals surface area contributed by atoms with Gasteiger partial charge in [0.1, 0.15) is 17.2 Å². The second-order valence-corrected chi connectivity index (χ2v) is 6.95. The van der Waals surface area contributed by atoms with Crippen LogP contribution in [0.4, 0.5) is 8.78 Å². The minimum absolute atomic E-state index is 0.0604. The summed E-state index contributed by atoms with van der Waals surface area (Å²) >= 11 is 11.9. The van der Waals surface area contributed by atoms with E-state index in [0.29, 0.717) is 22.3 Å². The molecular formula is C20H13Cl2F2NO3. The third-order valence-corrected chi connectivity index (χ3v) is 5.03. The highest BCUT2D eigenvalue weighted by molar-refractivity contribution is 6.42. The highest BCUT2D eigenvalue weighted by Gasteiger charge is 2.21. The molecule has 1 N–H and O–H groups in total. The van der Waals surface area contributed by atoms with Crippen molar-refractivity contribution in [1.29, 1.82) is 0 Å². The van der Waals surface area contributed by atoms with Gasteiger partial charge in [-0.2, -0.15) is 0 Å².